The van der Waals surface area contributed by atoms with Crippen LogP contribution >= 0.6 is 10.5 Å². The Labute approximate surface area is 179 Å². The van der Waals surface area contributed by atoms with Crippen LogP contribution in [-0.2, 0) is 17.5 Å². The highest BCUT2D eigenvalue weighted by atomic mass is 32.2. The molecule has 4 nitrogen and oxygen atoms in total. The average molecular weight is 445 g/mol. The molecule has 3 aromatic rings. The van der Waals surface area contributed by atoms with Crippen LogP contribution in [0.2, 0.25) is 0 Å². The standard InChI is InChI=1S/C23H18F3NO3S/c24-23(25,26)17-10-6-15(7-11-17)14-27(21(28)16-8-9-16)19-12-13-31(20(19)22(29)30)18-4-2-1-3-5-18/h1-7,10-13,16H,8-9,14H2. The van der Waals surface area contributed by atoms with Crippen LogP contribution in [0.15, 0.2) is 66.0 Å². The van der Waals surface area contributed by atoms with Crippen molar-refractivity contribution in [1.82, 2.24) is 0 Å². The van der Waals surface area contributed by atoms with E-state index in [-0.39, 0.29) is 28.9 Å². The predicted molar refractivity (Wildman–Crippen MR) is 110 cm³/mol. The number of amides is 1. The first-order valence-electron chi connectivity index (χ1n) is 9.65. The van der Waals surface area contributed by atoms with Crippen molar-refractivity contribution in [2.45, 2.75) is 25.6 Å². The van der Waals surface area contributed by atoms with Gasteiger partial charge in [-0.3, -0.25) is 4.79 Å². The van der Waals surface area contributed by atoms with Crippen LogP contribution in [0.4, 0.5) is 18.9 Å². The van der Waals surface area contributed by atoms with Gasteiger partial charge in [0.1, 0.15) is 17.0 Å². The largest absolute Gasteiger partial charge is 0.540 e. The van der Waals surface area contributed by atoms with Crippen LogP contribution in [0.3, 0.4) is 0 Å². The average Bonchev–Trinajstić information content (AvgIpc) is 3.50. The van der Waals surface area contributed by atoms with Crippen LogP contribution in [0.25, 0.3) is 4.90 Å². The van der Waals surface area contributed by atoms with E-state index in [1.165, 1.54) is 17.0 Å². The number of carboxylic acids is 1. The summed E-state index contributed by atoms with van der Waals surface area (Å²) < 4.78 is 38.6. The third-order valence-electron chi connectivity index (χ3n) is 5.10. The third-order valence-corrected chi connectivity index (χ3v) is 7.11. The molecule has 0 bridgehead atoms. The molecule has 0 N–H and O–H groups in total. The number of carboxylic acid groups (broad SMARTS) is 1. The fourth-order valence-electron chi connectivity index (χ4n) is 3.37. The highest BCUT2D eigenvalue weighted by Gasteiger charge is 2.38. The summed E-state index contributed by atoms with van der Waals surface area (Å²) in [7, 11) is -0.898. The van der Waals surface area contributed by atoms with Crippen molar-refractivity contribution in [3.05, 3.63) is 82.0 Å². The van der Waals surface area contributed by atoms with Gasteiger partial charge < -0.3 is 14.8 Å². The zero-order valence-corrected chi connectivity index (χ0v) is 17.1. The molecule has 1 aliphatic rings. The number of benzene rings is 2. The second kappa shape index (κ2) is 8.19. The first kappa shape index (κ1) is 21.1. The minimum Gasteiger partial charge on any atom is -0.540 e. The van der Waals surface area contributed by atoms with Gasteiger partial charge in [-0.1, -0.05) is 30.3 Å². The van der Waals surface area contributed by atoms with Crippen LogP contribution in [0.5, 0.6) is 0 Å². The molecule has 1 saturated carbocycles. The van der Waals surface area contributed by atoms with Crippen molar-refractivity contribution in [3.8, 4) is 4.90 Å². The minimum atomic E-state index is -4.45. The number of carbonyl (C=O) groups excluding carboxylic acids is 2. The topological polar surface area (TPSA) is 60.4 Å². The van der Waals surface area contributed by atoms with E-state index in [9.17, 15) is 27.9 Å². The van der Waals surface area contributed by atoms with E-state index in [4.69, 9.17) is 0 Å². The summed E-state index contributed by atoms with van der Waals surface area (Å²) in [4.78, 5) is 27.2. The van der Waals surface area contributed by atoms with Crippen molar-refractivity contribution < 1.29 is 27.9 Å². The lowest BCUT2D eigenvalue weighted by Gasteiger charge is -2.22. The smallest absolute Gasteiger partial charge is 0.416 e. The number of rotatable bonds is 6. The molecule has 31 heavy (non-hydrogen) atoms. The van der Waals surface area contributed by atoms with E-state index in [0.29, 0.717) is 18.4 Å². The van der Waals surface area contributed by atoms with Crippen LogP contribution in [0.1, 0.15) is 33.6 Å². The molecule has 0 radical (unpaired) electrons. The molecule has 0 saturated heterocycles. The molecule has 1 heterocycles. The predicted octanol–water partition coefficient (Wildman–Crippen LogP) is 4.75. The lowest BCUT2D eigenvalue weighted by Crippen LogP contribution is -2.34. The molecular weight excluding hydrogens is 427 g/mol. The Hall–Kier alpha value is -3.13. The Morgan fingerprint density at radius 1 is 1.00 bits per heavy atom. The number of halogens is 3. The molecule has 8 heteroatoms. The van der Waals surface area contributed by atoms with Crippen LogP contribution in [0, 0.1) is 5.92 Å². The lowest BCUT2D eigenvalue weighted by molar-refractivity contribution is -0.254. The van der Waals surface area contributed by atoms with E-state index in [1.807, 2.05) is 18.2 Å². The molecule has 0 aliphatic heterocycles. The second-order valence-corrected chi connectivity index (χ2v) is 9.18. The molecule has 1 aromatic heterocycles. The van der Waals surface area contributed by atoms with E-state index >= 15 is 0 Å². The van der Waals surface area contributed by atoms with Crippen molar-refractivity contribution in [3.63, 3.8) is 0 Å². The molecule has 1 aliphatic carbocycles. The molecule has 0 spiro atoms. The maximum Gasteiger partial charge on any atom is 0.416 e. The van der Waals surface area contributed by atoms with Crippen LogP contribution in [-0.4, -0.2) is 11.9 Å². The first-order chi connectivity index (χ1) is 14.8. The summed E-state index contributed by atoms with van der Waals surface area (Å²) >= 11 is 0. The Bertz CT molecular complexity index is 1100. The summed E-state index contributed by atoms with van der Waals surface area (Å²) in [6.07, 6.45) is -3.03. The van der Waals surface area contributed by atoms with E-state index in [1.54, 1.807) is 23.6 Å². The lowest BCUT2D eigenvalue weighted by atomic mass is 10.1. The number of hydrogen-bond donors (Lipinski definition) is 0. The van der Waals surface area contributed by atoms with Gasteiger partial charge in [-0.05, 0) is 42.7 Å². The van der Waals surface area contributed by atoms with E-state index < -0.39 is 28.2 Å². The monoisotopic (exact) mass is 445 g/mol. The van der Waals surface area contributed by atoms with E-state index in [0.717, 1.165) is 17.0 Å². The van der Waals surface area contributed by atoms with Crippen molar-refractivity contribution in [1.29, 1.82) is 0 Å². The second-order valence-electron chi connectivity index (χ2n) is 7.35. The summed E-state index contributed by atoms with van der Waals surface area (Å²) in [5.74, 6) is -1.79. The summed E-state index contributed by atoms with van der Waals surface area (Å²) in [5.41, 5.74) is -0.0616. The molecular formula is C23H18F3NO3S. The third kappa shape index (κ3) is 4.49. The fraction of sp³-hybridized carbons (Fsp3) is 0.217. The molecule has 2 aromatic carbocycles. The number of thiophene rings is 1. The van der Waals surface area contributed by atoms with Crippen molar-refractivity contribution in [2.75, 3.05) is 4.90 Å². The number of nitrogens with zero attached hydrogens (tertiary/aromatic N) is 1. The number of anilines is 1. The minimum absolute atomic E-state index is 0.00658. The van der Waals surface area contributed by atoms with Gasteiger partial charge in [0.15, 0.2) is 4.90 Å². The normalized spacial score (nSPS) is 14.4. The molecule has 1 amide bonds. The summed E-state index contributed by atoms with van der Waals surface area (Å²) in [5, 5.41) is 13.8. The van der Waals surface area contributed by atoms with Crippen molar-refractivity contribution >= 4 is 28.0 Å². The number of hydrogen-bond acceptors (Lipinski definition) is 3. The number of alkyl halides is 3. The van der Waals surface area contributed by atoms with Gasteiger partial charge in [0.05, 0.1) is 12.1 Å². The maximum atomic E-state index is 13.0. The number of carbonyl (C=O) groups is 2. The van der Waals surface area contributed by atoms with Gasteiger partial charge in [0.2, 0.25) is 10.8 Å². The zero-order valence-electron chi connectivity index (χ0n) is 16.3. The Morgan fingerprint density at radius 2 is 1.65 bits per heavy atom. The molecule has 1 unspecified atom stereocenters. The SMILES string of the molecule is O=C([O-])c1c(N(Cc2ccc(C(F)(F)F)cc2)C(=O)C2CC2)cc[s+]1-c1ccccc1. The molecule has 160 valence electrons. The van der Waals surface area contributed by atoms with Gasteiger partial charge in [-0.25, -0.2) is 0 Å². The summed E-state index contributed by atoms with van der Waals surface area (Å²) in [6.45, 7) is -0.0179. The molecule has 4 rings (SSSR count). The Morgan fingerprint density at radius 3 is 2.19 bits per heavy atom. The highest BCUT2D eigenvalue weighted by molar-refractivity contribution is 7.40. The first-order valence-corrected chi connectivity index (χ1v) is 10.9. The molecule has 1 atom stereocenters. The number of aromatic carboxylic acids is 1. The van der Waals surface area contributed by atoms with Gasteiger partial charge in [0, 0.05) is 22.5 Å². The Kier molecular flexibility index (Phi) is 5.58. The van der Waals surface area contributed by atoms with Crippen molar-refractivity contribution in [2.24, 2.45) is 5.92 Å². The van der Waals surface area contributed by atoms with E-state index in [2.05, 4.69) is 0 Å². The highest BCUT2D eigenvalue weighted by Crippen LogP contribution is 2.43. The van der Waals surface area contributed by atoms with Gasteiger partial charge in [0.25, 0.3) is 0 Å². The fourth-order valence-corrected chi connectivity index (χ4v) is 5.20. The maximum absolute atomic E-state index is 13.0. The van der Waals surface area contributed by atoms with Gasteiger partial charge >= 0.3 is 6.18 Å². The van der Waals surface area contributed by atoms with Crippen LogP contribution < -0.4 is 10.0 Å². The van der Waals surface area contributed by atoms with Gasteiger partial charge in [-0.2, -0.15) is 13.2 Å². The molecule has 1 fully saturated rings. The summed E-state index contributed by atoms with van der Waals surface area (Å²) in [6, 6.07) is 15.2. The quantitative estimate of drug-likeness (QED) is 0.515. The van der Waals surface area contributed by atoms with Gasteiger partial charge in [-0.15, -0.1) is 0 Å². The zero-order chi connectivity index (χ0) is 22.2. The Balaban J connectivity index is 1.73.